The molecule has 4 rings (SSSR count). The molecule has 12 heteroatoms. The Hall–Kier alpha value is -4.94. The number of rotatable bonds is 15. The number of hydrogen-bond acceptors (Lipinski definition) is 9. The molecule has 0 spiro atoms. The minimum atomic E-state index is -0.374. The number of para-hydroxylation sites is 1. The van der Waals surface area contributed by atoms with Crippen LogP contribution in [-0.2, 0) is 14.3 Å². The van der Waals surface area contributed by atoms with E-state index in [2.05, 4.69) is 15.1 Å². The lowest BCUT2D eigenvalue weighted by Crippen LogP contribution is -2.50. The lowest BCUT2D eigenvalue weighted by atomic mass is 10.1. The van der Waals surface area contributed by atoms with Crippen molar-refractivity contribution in [2.75, 3.05) is 87.8 Å². The number of nitrogens with one attached hydrogen (secondary N) is 1. The van der Waals surface area contributed by atoms with Crippen molar-refractivity contribution >= 4 is 40.8 Å². The van der Waals surface area contributed by atoms with E-state index in [-0.39, 0.29) is 43.4 Å². The fourth-order valence-electron chi connectivity index (χ4n) is 5.60. The topological polar surface area (TPSA) is 121 Å². The zero-order chi connectivity index (χ0) is 35.3. The van der Waals surface area contributed by atoms with Gasteiger partial charge in [0, 0.05) is 69.2 Å². The highest BCUT2D eigenvalue weighted by Gasteiger charge is 2.24. The number of urea groups is 1. The van der Waals surface area contributed by atoms with Crippen molar-refractivity contribution in [2.24, 2.45) is 0 Å². The Kier molecular flexibility index (Phi) is 13.5. The molecule has 262 valence electrons. The van der Waals surface area contributed by atoms with Crippen molar-refractivity contribution in [1.82, 2.24) is 9.80 Å². The van der Waals surface area contributed by atoms with E-state index in [9.17, 15) is 19.2 Å². The van der Waals surface area contributed by atoms with Gasteiger partial charge in [-0.3, -0.25) is 29.1 Å². The van der Waals surface area contributed by atoms with Crippen molar-refractivity contribution in [3.8, 4) is 11.5 Å². The maximum Gasteiger partial charge on any atom is 0.326 e. The van der Waals surface area contributed by atoms with Gasteiger partial charge in [-0.25, -0.2) is 4.79 Å². The first kappa shape index (κ1) is 36.9. The molecule has 3 aromatic rings. The summed E-state index contributed by atoms with van der Waals surface area (Å²) < 4.78 is 16.8. The molecule has 1 aliphatic rings. The molecular weight excluding hydrogens is 626 g/mol. The van der Waals surface area contributed by atoms with Crippen molar-refractivity contribution in [1.29, 1.82) is 0 Å². The van der Waals surface area contributed by atoms with Crippen LogP contribution in [-0.4, -0.2) is 106 Å². The molecule has 0 saturated carbocycles. The number of Topliss-reactive ketones (excluding diaryl/α,β-unsaturated/α-hetero) is 1. The van der Waals surface area contributed by atoms with E-state index in [0.717, 1.165) is 31.7 Å². The van der Waals surface area contributed by atoms with Crippen LogP contribution < -0.4 is 24.6 Å². The van der Waals surface area contributed by atoms with Crippen LogP contribution in [0, 0.1) is 6.92 Å². The first-order valence-corrected chi connectivity index (χ1v) is 16.5. The number of hydrogen-bond donors (Lipinski definition) is 1. The molecule has 3 aromatic carbocycles. The van der Waals surface area contributed by atoms with Crippen LogP contribution in [0.25, 0.3) is 0 Å². The first-order valence-electron chi connectivity index (χ1n) is 16.5. The summed E-state index contributed by atoms with van der Waals surface area (Å²) in [5.74, 6) is 0.630. The second-order valence-corrected chi connectivity index (χ2v) is 11.8. The van der Waals surface area contributed by atoms with E-state index in [1.807, 2.05) is 37.3 Å². The highest BCUT2D eigenvalue weighted by atomic mass is 16.5. The highest BCUT2D eigenvalue weighted by Crippen LogP contribution is 2.34. The molecule has 0 aromatic heterocycles. The molecule has 1 saturated heterocycles. The largest absolute Gasteiger partial charge is 0.494 e. The molecule has 12 nitrogen and oxygen atoms in total. The third-order valence-electron chi connectivity index (χ3n) is 8.38. The predicted molar refractivity (Wildman–Crippen MR) is 190 cm³/mol. The maximum absolute atomic E-state index is 13.8. The standard InChI is InChI=1S/C37H47N5O7/c1-6-48-36(45)26-40-19-17-39(18-20-40)21-22-41(29(4)44)31-13-16-34(35(25-31)47-5)42(37(46)38-33-10-8-7-9-27(33)2)23-24-49-32-14-11-30(12-15-32)28(3)43/h7-16,25H,6,17-24,26H2,1-5H3,(H,38,46). The van der Waals surface area contributed by atoms with Crippen LogP contribution in [0.4, 0.5) is 21.9 Å². The van der Waals surface area contributed by atoms with Crippen LogP contribution in [0.3, 0.4) is 0 Å². The Morgan fingerprint density at radius 2 is 1.55 bits per heavy atom. The number of ether oxygens (including phenoxy) is 3. The van der Waals surface area contributed by atoms with Gasteiger partial charge in [-0.1, -0.05) is 18.2 Å². The number of esters is 1. The molecule has 1 heterocycles. The fourth-order valence-corrected chi connectivity index (χ4v) is 5.60. The average Bonchev–Trinajstić information content (AvgIpc) is 3.08. The zero-order valence-corrected chi connectivity index (χ0v) is 29.1. The molecule has 0 unspecified atom stereocenters. The maximum atomic E-state index is 13.8. The minimum absolute atomic E-state index is 0.0323. The summed E-state index contributed by atoms with van der Waals surface area (Å²) in [4.78, 5) is 57.7. The van der Waals surface area contributed by atoms with Crippen molar-refractivity contribution in [3.63, 3.8) is 0 Å². The number of amides is 3. The number of aryl methyl sites for hydroxylation is 1. The SMILES string of the molecule is CCOC(=O)CN1CCN(CCN(C(C)=O)c2ccc(N(CCOc3ccc(C(C)=O)cc3)C(=O)Nc3ccccc3C)c(OC)c2)CC1. The molecular formula is C37H47N5O7. The van der Waals surface area contributed by atoms with Gasteiger partial charge in [-0.15, -0.1) is 0 Å². The smallest absolute Gasteiger partial charge is 0.326 e. The van der Waals surface area contributed by atoms with E-state index in [0.29, 0.717) is 53.8 Å². The van der Waals surface area contributed by atoms with E-state index >= 15 is 0 Å². The lowest BCUT2D eigenvalue weighted by Gasteiger charge is -2.35. The number of carbonyl (C=O) groups is 4. The Morgan fingerprint density at radius 3 is 2.18 bits per heavy atom. The van der Waals surface area contributed by atoms with Gasteiger partial charge in [0.05, 0.1) is 32.5 Å². The Morgan fingerprint density at radius 1 is 0.857 bits per heavy atom. The second kappa shape index (κ2) is 18.0. The van der Waals surface area contributed by atoms with Gasteiger partial charge >= 0.3 is 12.0 Å². The zero-order valence-electron chi connectivity index (χ0n) is 29.1. The molecule has 49 heavy (non-hydrogen) atoms. The molecule has 0 radical (unpaired) electrons. The molecule has 1 fully saturated rings. The Balaban J connectivity index is 1.48. The van der Waals surface area contributed by atoms with E-state index < -0.39 is 0 Å². The van der Waals surface area contributed by atoms with Crippen LogP contribution >= 0.6 is 0 Å². The average molecular weight is 674 g/mol. The van der Waals surface area contributed by atoms with Gasteiger partial charge < -0.3 is 24.4 Å². The summed E-state index contributed by atoms with van der Waals surface area (Å²) in [5, 5.41) is 3.00. The molecule has 0 atom stereocenters. The normalized spacial score (nSPS) is 13.3. The van der Waals surface area contributed by atoms with E-state index in [1.54, 1.807) is 53.1 Å². The molecule has 1 N–H and O–H groups in total. The molecule has 3 amide bonds. The highest BCUT2D eigenvalue weighted by molar-refractivity contribution is 6.03. The fraction of sp³-hybridized carbons (Fsp3) is 0.405. The Labute approximate surface area is 288 Å². The number of benzene rings is 3. The lowest BCUT2D eigenvalue weighted by molar-refractivity contribution is -0.144. The number of piperazine rings is 1. The van der Waals surface area contributed by atoms with Crippen LogP contribution in [0.5, 0.6) is 11.5 Å². The quantitative estimate of drug-likeness (QED) is 0.178. The molecule has 0 aliphatic carbocycles. The molecule has 0 bridgehead atoms. The summed E-state index contributed by atoms with van der Waals surface area (Å²) in [6.45, 7) is 11.9. The monoisotopic (exact) mass is 673 g/mol. The third kappa shape index (κ3) is 10.5. The van der Waals surface area contributed by atoms with E-state index in [1.165, 1.54) is 21.0 Å². The van der Waals surface area contributed by atoms with Gasteiger partial charge in [0.15, 0.2) is 5.78 Å². The minimum Gasteiger partial charge on any atom is -0.494 e. The van der Waals surface area contributed by atoms with Gasteiger partial charge in [-0.2, -0.15) is 0 Å². The molecule has 1 aliphatic heterocycles. The van der Waals surface area contributed by atoms with Gasteiger partial charge in [0.1, 0.15) is 18.1 Å². The summed E-state index contributed by atoms with van der Waals surface area (Å²) in [6, 6.07) is 19.4. The van der Waals surface area contributed by atoms with Crippen LogP contribution in [0.15, 0.2) is 66.7 Å². The van der Waals surface area contributed by atoms with E-state index in [4.69, 9.17) is 14.2 Å². The van der Waals surface area contributed by atoms with Gasteiger partial charge in [0.25, 0.3) is 0 Å². The summed E-state index contributed by atoms with van der Waals surface area (Å²) in [7, 11) is 1.53. The number of methoxy groups -OCH3 is 1. The van der Waals surface area contributed by atoms with Crippen LogP contribution in [0.1, 0.15) is 36.7 Å². The second-order valence-electron chi connectivity index (χ2n) is 11.8. The van der Waals surface area contributed by atoms with Crippen molar-refractivity contribution in [2.45, 2.75) is 27.7 Å². The van der Waals surface area contributed by atoms with Crippen molar-refractivity contribution in [3.05, 3.63) is 77.9 Å². The number of anilines is 3. The first-order chi connectivity index (χ1) is 23.6. The summed E-state index contributed by atoms with van der Waals surface area (Å²) in [6.07, 6.45) is 0. The van der Waals surface area contributed by atoms with Gasteiger partial charge in [-0.05, 0) is 68.8 Å². The van der Waals surface area contributed by atoms with Crippen molar-refractivity contribution < 1.29 is 33.4 Å². The number of nitrogens with zero attached hydrogens (tertiary/aromatic N) is 4. The van der Waals surface area contributed by atoms with Gasteiger partial charge in [0.2, 0.25) is 5.91 Å². The number of carbonyl (C=O) groups excluding carboxylic acids is 4. The predicted octanol–water partition coefficient (Wildman–Crippen LogP) is 4.86. The van der Waals surface area contributed by atoms with Crippen LogP contribution in [0.2, 0.25) is 0 Å². The Bertz CT molecular complexity index is 1590. The summed E-state index contributed by atoms with van der Waals surface area (Å²) >= 11 is 0. The third-order valence-corrected chi connectivity index (χ3v) is 8.38. The number of ketones is 1. The summed E-state index contributed by atoms with van der Waals surface area (Å²) in [5.41, 5.74) is 3.34.